The standard InChI is InChI=1S/C16H17N3OS2/c1-16(2,3)14-17-9-12(21-14)13(20)19(4)15-18-10-7-5-6-8-11(10)22-15/h5-9H,1-4H3. The second-order valence-electron chi connectivity index (χ2n) is 6.11. The summed E-state index contributed by atoms with van der Waals surface area (Å²) in [4.78, 5) is 23.8. The first-order chi connectivity index (χ1) is 10.4. The van der Waals surface area contributed by atoms with E-state index in [1.54, 1.807) is 18.1 Å². The van der Waals surface area contributed by atoms with Gasteiger partial charge in [-0.25, -0.2) is 9.97 Å². The SMILES string of the molecule is CN(C(=O)c1cnc(C(C)(C)C)s1)c1nc2ccccc2s1. The molecule has 6 heteroatoms. The van der Waals surface area contributed by atoms with Crippen LogP contribution in [0.4, 0.5) is 5.13 Å². The fourth-order valence-electron chi connectivity index (χ4n) is 1.98. The molecule has 4 nitrogen and oxygen atoms in total. The van der Waals surface area contributed by atoms with Crippen LogP contribution in [-0.2, 0) is 5.41 Å². The van der Waals surface area contributed by atoms with Crippen molar-refractivity contribution in [2.75, 3.05) is 11.9 Å². The van der Waals surface area contributed by atoms with E-state index in [0.717, 1.165) is 15.2 Å². The molecule has 0 bridgehead atoms. The van der Waals surface area contributed by atoms with E-state index in [9.17, 15) is 4.79 Å². The number of carbonyl (C=O) groups is 1. The Morgan fingerprint density at radius 3 is 2.55 bits per heavy atom. The van der Waals surface area contributed by atoms with Gasteiger partial charge in [-0.2, -0.15) is 0 Å². The normalized spacial score (nSPS) is 11.8. The van der Waals surface area contributed by atoms with Crippen LogP contribution in [0.3, 0.4) is 0 Å². The molecule has 0 fully saturated rings. The molecule has 3 rings (SSSR count). The van der Waals surface area contributed by atoms with Crippen molar-refractivity contribution in [2.24, 2.45) is 0 Å². The predicted molar refractivity (Wildman–Crippen MR) is 93.2 cm³/mol. The van der Waals surface area contributed by atoms with Crippen molar-refractivity contribution in [3.8, 4) is 0 Å². The van der Waals surface area contributed by atoms with E-state index < -0.39 is 0 Å². The van der Waals surface area contributed by atoms with Crippen molar-refractivity contribution in [3.05, 3.63) is 40.3 Å². The van der Waals surface area contributed by atoms with E-state index in [0.29, 0.717) is 10.0 Å². The van der Waals surface area contributed by atoms with Crippen LogP contribution in [0.25, 0.3) is 10.2 Å². The summed E-state index contributed by atoms with van der Waals surface area (Å²) in [5, 5.41) is 1.67. The number of fused-ring (bicyclic) bond motifs is 1. The predicted octanol–water partition coefficient (Wildman–Crippen LogP) is 4.33. The molecule has 22 heavy (non-hydrogen) atoms. The number of para-hydroxylation sites is 1. The second kappa shape index (κ2) is 5.44. The largest absolute Gasteiger partial charge is 0.286 e. The Morgan fingerprint density at radius 1 is 1.18 bits per heavy atom. The second-order valence-corrected chi connectivity index (χ2v) is 8.15. The van der Waals surface area contributed by atoms with Crippen LogP contribution in [0.2, 0.25) is 0 Å². The molecule has 2 aromatic heterocycles. The lowest BCUT2D eigenvalue weighted by Gasteiger charge is -2.14. The highest BCUT2D eigenvalue weighted by molar-refractivity contribution is 7.22. The van der Waals surface area contributed by atoms with Gasteiger partial charge in [0, 0.05) is 12.5 Å². The molecule has 0 aliphatic rings. The van der Waals surface area contributed by atoms with E-state index in [1.807, 2.05) is 24.3 Å². The quantitative estimate of drug-likeness (QED) is 0.702. The highest BCUT2D eigenvalue weighted by Gasteiger charge is 2.23. The lowest BCUT2D eigenvalue weighted by Crippen LogP contribution is -2.25. The fourth-order valence-corrected chi connectivity index (χ4v) is 3.85. The van der Waals surface area contributed by atoms with Gasteiger partial charge in [0.05, 0.1) is 21.4 Å². The number of amides is 1. The van der Waals surface area contributed by atoms with Crippen molar-refractivity contribution < 1.29 is 4.79 Å². The van der Waals surface area contributed by atoms with Gasteiger partial charge in [-0.05, 0) is 12.1 Å². The Hall–Kier alpha value is -1.79. The highest BCUT2D eigenvalue weighted by atomic mass is 32.1. The molecule has 0 aliphatic carbocycles. The number of anilines is 1. The van der Waals surface area contributed by atoms with Crippen LogP contribution in [0.15, 0.2) is 30.5 Å². The zero-order chi connectivity index (χ0) is 15.9. The molecule has 1 amide bonds. The number of aromatic nitrogens is 2. The zero-order valence-corrected chi connectivity index (χ0v) is 14.6. The van der Waals surface area contributed by atoms with Crippen LogP contribution >= 0.6 is 22.7 Å². The van der Waals surface area contributed by atoms with Gasteiger partial charge in [0.2, 0.25) is 0 Å². The molecule has 0 spiro atoms. The Bertz CT molecular complexity index is 796. The minimum Gasteiger partial charge on any atom is -0.286 e. The van der Waals surface area contributed by atoms with Gasteiger partial charge in [-0.3, -0.25) is 9.69 Å². The molecule has 0 aliphatic heterocycles. The molecular weight excluding hydrogens is 314 g/mol. The van der Waals surface area contributed by atoms with Crippen molar-refractivity contribution >= 4 is 43.9 Å². The van der Waals surface area contributed by atoms with Crippen LogP contribution in [0, 0.1) is 0 Å². The summed E-state index contributed by atoms with van der Waals surface area (Å²) in [5.74, 6) is -0.0629. The van der Waals surface area contributed by atoms with Gasteiger partial charge in [0.25, 0.3) is 5.91 Å². The Labute approximate surface area is 137 Å². The maximum atomic E-state index is 12.6. The number of carbonyl (C=O) groups excluding carboxylic acids is 1. The van der Waals surface area contributed by atoms with Crippen molar-refractivity contribution in [1.82, 2.24) is 9.97 Å². The topological polar surface area (TPSA) is 46.1 Å². The molecule has 114 valence electrons. The van der Waals surface area contributed by atoms with Gasteiger partial charge in [-0.15, -0.1) is 11.3 Å². The number of benzene rings is 1. The highest BCUT2D eigenvalue weighted by Crippen LogP contribution is 2.31. The molecular formula is C16H17N3OS2. The maximum absolute atomic E-state index is 12.6. The van der Waals surface area contributed by atoms with Crippen molar-refractivity contribution in [3.63, 3.8) is 0 Å². The summed E-state index contributed by atoms with van der Waals surface area (Å²) >= 11 is 2.97. The molecule has 1 aromatic carbocycles. The monoisotopic (exact) mass is 331 g/mol. The Morgan fingerprint density at radius 2 is 1.91 bits per heavy atom. The summed E-state index contributed by atoms with van der Waals surface area (Å²) in [7, 11) is 1.76. The van der Waals surface area contributed by atoms with E-state index in [4.69, 9.17) is 0 Å². The molecule has 2 heterocycles. The van der Waals surface area contributed by atoms with Crippen molar-refractivity contribution in [2.45, 2.75) is 26.2 Å². The molecule has 0 saturated heterocycles. The summed E-state index contributed by atoms with van der Waals surface area (Å²) in [6.45, 7) is 6.28. The zero-order valence-electron chi connectivity index (χ0n) is 13.0. The van der Waals surface area contributed by atoms with Crippen LogP contribution in [0.5, 0.6) is 0 Å². The summed E-state index contributed by atoms with van der Waals surface area (Å²) in [6, 6.07) is 7.90. The first-order valence-electron chi connectivity index (χ1n) is 6.96. The summed E-state index contributed by atoms with van der Waals surface area (Å²) < 4.78 is 1.08. The minimum absolute atomic E-state index is 0.0440. The third kappa shape index (κ3) is 2.76. The molecule has 0 saturated carbocycles. The third-order valence-corrected chi connectivity index (χ3v) is 5.76. The fraction of sp³-hybridized carbons (Fsp3) is 0.312. The Kier molecular flexibility index (Phi) is 3.74. The Balaban J connectivity index is 1.89. The van der Waals surface area contributed by atoms with Gasteiger partial charge in [-0.1, -0.05) is 44.2 Å². The number of hydrogen-bond acceptors (Lipinski definition) is 5. The number of nitrogens with zero attached hydrogens (tertiary/aromatic N) is 3. The molecule has 0 N–H and O–H groups in total. The number of thiazole rings is 2. The van der Waals surface area contributed by atoms with Crippen LogP contribution in [0.1, 0.15) is 35.5 Å². The van der Waals surface area contributed by atoms with Crippen molar-refractivity contribution in [1.29, 1.82) is 0 Å². The molecule has 3 aromatic rings. The third-order valence-electron chi connectivity index (χ3n) is 3.23. The van der Waals surface area contributed by atoms with Gasteiger partial charge < -0.3 is 0 Å². The average Bonchev–Trinajstić information content (AvgIpc) is 3.11. The summed E-state index contributed by atoms with van der Waals surface area (Å²) in [5.41, 5.74) is 0.874. The first-order valence-corrected chi connectivity index (χ1v) is 8.59. The van der Waals surface area contributed by atoms with Gasteiger partial charge in [0.15, 0.2) is 5.13 Å². The first kappa shape index (κ1) is 15.1. The minimum atomic E-state index is -0.0629. The lowest BCUT2D eigenvalue weighted by atomic mass is 9.98. The summed E-state index contributed by atoms with van der Waals surface area (Å²) in [6.07, 6.45) is 1.66. The molecule has 0 unspecified atom stereocenters. The van der Waals surface area contributed by atoms with Crippen LogP contribution in [-0.4, -0.2) is 22.9 Å². The lowest BCUT2D eigenvalue weighted by molar-refractivity contribution is 0.0996. The van der Waals surface area contributed by atoms with E-state index in [2.05, 4.69) is 30.7 Å². The molecule has 0 radical (unpaired) electrons. The van der Waals surface area contributed by atoms with Gasteiger partial charge in [0.1, 0.15) is 4.88 Å². The maximum Gasteiger partial charge on any atom is 0.271 e. The van der Waals surface area contributed by atoms with E-state index in [1.165, 1.54) is 22.7 Å². The van der Waals surface area contributed by atoms with E-state index >= 15 is 0 Å². The van der Waals surface area contributed by atoms with Crippen LogP contribution < -0.4 is 4.90 Å². The average molecular weight is 331 g/mol. The number of hydrogen-bond donors (Lipinski definition) is 0. The van der Waals surface area contributed by atoms with E-state index in [-0.39, 0.29) is 11.3 Å². The van der Waals surface area contributed by atoms with Gasteiger partial charge >= 0.3 is 0 Å². The smallest absolute Gasteiger partial charge is 0.271 e. The molecule has 0 atom stereocenters. The number of rotatable bonds is 2.